The van der Waals surface area contributed by atoms with Crippen LogP contribution in [-0.4, -0.2) is 49.4 Å². The molecule has 2 N–H and O–H groups in total. The lowest BCUT2D eigenvalue weighted by Crippen LogP contribution is -2.47. The third-order valence-electron chi connectivity index (χ3n) is 4.38. The zero-order valence-corrected chi connectivity index (χ0v) is 12.5. The molecule has 20 heavy (non-hydrogen) atoms. The first-order valence-corrected chi connectivity index (χ1v) is 7.97. The first-order valence-electron chi connectivity index (χ1n) is 7.97. The van der Waals surface area contributed by atoms with Gasteiger partial charge >= 0.3 is 0 Å². The summed E-state index contributed by atoms with van der Waals surface area (Å²) in [7, 11) is 0. The summed E-state index contributed by atoms with van der Waals surface area (Å²) < 4.78 is 0. The van der Waals surface area contributed by atoms with Gasteiger partial charge in [-0.3, -0.25) is 9.59 Å². The third-order valence-corrected chi connectivity index (χ3v) is 4.38. The highest BCUT2D eigenvalue weighted by atomic mass is 16.2. The van der Waals surface area contributed by atoms with Gasteiger partial charge in [0.15, 0.2) is 0 Å². The van der Waals surface area contributed by atoms with Crippen LogP contribution < -0.4 is 10.6 Å². The molecule has 114 valence electrons. The number of piperidine rings is 1. The Kier molecular flexibility index (Phi) is 5.83. The molecule has 0 atom stereocenters. The highest BCUT2D eigenvalue weighted by Gasteiger charge is 2.29. The minimum absolute atomic E-state index is 0.0984. The van der Waals surface area contributed by atoms with Crippen molar-refractivity contribution in [1.29, 1.82) is 0 Å². The average molecular weight is 281 g/mol. The molecule has 0 saturated carbocycles. The molecule has 2 aliphatic rings. The van der Waals surface area contributed by atoms with E-state index in [1.807, 2.05) is 4.90 Å². The number of rotatable bonds is 6. The molecule has 2 fully saturated rings. The molecule has 2 rings (SSSR count). The second-order valence-electron chi connectivity index (χ2n) is 6.03. The number of hydrogen-bond donors (Lipinski definition) is 2. The van der Waals surface area contributed by atoms with E-state index in [1.54, 1.807) is 0 Å². The number of carbonyl (C=O) groups is 2. The maximum absolute atomic E-state index is 12.1. The monoisotopic (exact) mass is 281 g/mol. The van der Waals surface area contributed by atoms with E-state index in [4.69, 9.17) is 0 Å². The zero-order chi connectivity index (χ0) is 14.4. The quantitative estimate of drug-likeness (QED) is 0.706. The second-order valence-corrected chi connectivity index (χ2v) is 6.03. The standard InChI is InChI=1S/C15H27N3O2/c1-2-3-6-17-15(20)13-4-7-18(8-5-13)14(19)9-12-10-16-11-12/h12-13,16H,2-11H2,1H3,(H,17,20). The highest BCUT2D eigenvalue weighted by molar-refractivity contribution is 5.80. The van der Waals surface area contributed by atoms with E-state index in [-0.39, 0.29) is 17.7 Å². The topological polar surface area (TPSA) is 61.4 Å². The van der Waals surface area contributed by atoms with Crippen molar-refractivity contribution in [3.63, 3.8) is 0 Å². The Morgan fingerprint density at radius 3 is 2.50 bits per heavy atom. The molecule has 0 aromatic carbocycles. The normalized spacial score (nSPS) is 20.6. The molecule has 0 aliphatic carbocycles. The summed E-state index contributed by atoms with van der Waals surface area (Å²) in [6, 6.07) is 0. The van der Waals surface area contributed by atoms with Crippen molar-refractivity contribution < 1.29 is 9.59 Å². The van der Waals surface area contributed by atoms with Crippen LogP contribution in [0, 0.1) is 11.8 Å². The number of carbonyl (C=O) groups excluding carboxylic acids is 2. The first kappa shape index (κ1) is 15.3. The summed E-state index contributed by atoms with van der Waals surface area (Å²) in [4.78, 5) is 26.0. The van der Waals surface area contributed by atoms with Crippen molar-refractivity contribution in [3.05, 3.63) is 0 Å². The van der Waals surface area contributed by atoms with Crippen molar-refractivity contribution in [2.24, 2.45) is 11.8 Å². The fourth-order valence-electron chi connectivity index (χ4n) is 2.79. The summed E-state index contributed by atoms with van der Waals surface area (Å²) in [6.07, 6.45) is 4.43. The predicted molar refractivity (Wildman–Crippen MR) is 78.2 cm³/mol. The van der Waals surface area contributed by atoms with E-state index in [0.29, 0.717) is 12.3 Å². The van der Waals surface area contributed by atoms with Crippen molar-refractivity contribution in [2.45, 2.75) is 39.0 Å². The minimum Gasteiger partial charge on any atom is -0.356 e. The molecule has 0 aromatic rings. The Morgan fingerprint density at radius 2 is 1.95 bits per heavy atom. The van der Waals surface area contributed by atoms with E-state index in [9.17, 15) is 9.59 Å². The van der Waals surface area contributed by atoms with Crippen molar-refractivity contribution in [3.8, 4) is 0 Å². The van der Waals surface area contributed by atoms with Crippen LogP contribution in [0.3, 0.4) is 0 Å². The summed E-state index contributed by atoms with van der Waals surface area (Å²) in [5.74, 6) is 1.06. The smallest absolute Gasteiger partial charge is 0.223 e. The van der Waals surface area contributed by atoms with Gasteiger partial charge in [0, 0.05) is 32.0 Å². The van der Waals surface area contributed by atoms with Crippen LogP contribution in [0.1, 0.15) is 39.0 Å². The lowest BCUT2D eigenvalue weighted by atomic mass is 9.94. The Balaban J connectivity index is 1.66. The maximum atomic E-state index is 12.1. The average Bonchev–Trinajstić information content (AvgIpc) is 2.43. The summed E-state index contributed by atoms with van der Waals surface area (Å²) in [6.45, 7) is 6.33. The van der Waals surface area contributed by atoms with E-state index in [1.165, 1.54) is 0 Å². The molecule has 0 spiro atoms. The fourth-order valence-corrected chi connectivity index (χ4v) is 2.79. The number of amides is 2. The Labute approximate surface area is 121 Å². The maximum Gasteiger partial charge on any atom is 0.223 e. The van der Waals surface area contributed by atoms with Gasteiger partial charge in [-0.2, -0.15) is 0 Å². The van der Waals surface area contributed by atoms with Gasteiger partial charge < -0.3 is 15.5 Å². The van der Waals surface area contributed by atoms with Crippen LogP contribution in [-0.2, 0) is 9.59 Å². The molecular formula is C15H27N3O2. The third kappa shape index (κ3) is 4.20. The van der Waals surface area contributed by atoms with Crippen molar-refractivity contribution in [2.75, 3.05) is 32.7 Å². The van der Waals surface area contributed by atoms with Gasteiger partial charge in [0.2, 0.25) is 11.8 Å². The van der Waals surface area contributed by atoms with Crippen LogP contribution in [0.5, 0.6) is 0 Å². The van der Waals surface area contributed by atoms with Crippen LogP contribution >= 0.6 is 0 Å². The van der Waals surface area contributed by atoms with E-state index in [0.717, 1.165) is 58.4 Å². The van der Waals surface area contributed by atoms with Gasteiger partial charge in [-0.1, -0.05) is 13.3 Å². The Bertz CT molecular complexity index is 334. The number of unbranched alkanes of at least 4 members (excludes halogenated alkanes) is 1. The van der Waals surface area contributed by atoms with Gasteiger partial charge in [-0.15, -0.1) is 0 Å². The van der Waals surface area contributed by atoms with Gasteiger partial charge in [0.1, 0.15) is 0 Å². The van der Waals surface area contributed by atoms with E-state index in [2.05, 4.69) is 17.6 Å². The lowest BCUT2D eigenvalue weighted by Gasteiger charge is -2.34. The molecule has 0 aromatic heterocycles. The largest absolute Gasteiger partial charge is 0.356 e. The van der Waals surface area contributed by atoms with E-state index >= 15 is 0 Å². The highest BCUT2D eigenvalue weighted by Crippen LogP contribution is 2.19. The van der Waals surface area contributed by atoms with Gasteiger partial charge in [0.25, 0.3) is 0 Å². The van der Waals surface area contributed by atoms with Crippen LogP contribution in [0.2, 0.25) is 0 Å². The summed E-state index contributed by atoms with van der Waals surface area (Å²) >= 11 is 0. The summed E-state index contributed by atoms with van der Waals surface area (Å²) in [5, 5.41) is 6.19. The van der Waals surface area contributed by atoms with Crippen molar-refractivity contribution >= 4 is 11.8 Å². The zero-order valence-electron chi connectivity index (χ0n) is 12.5. The predicted octanol–water partition coefficient (Wildman–Crippen LogP) is 0.751. The molecule has 2 amide bonds. The Morgan fingerprint density at radius 1 is 1.25 bits per heavy atom. The summed E-state index contributed by atoms with van der Waals surface area (Å²) in [5.41, 5.74) is 0. The number of hydrogen-bond acceptors (Lipinski definition) is 3. The van der Waals surface area contributed by atoms with Gasteiger partial charge in [-0.05, 0) is 38.3 Å². The van der Waals surface area contributed by atoms with Crippen LogP contribution in [0.4, 0.5) is 0 Å². The van der Waals surface area contributed by atoms with Gasteiger partial charge in [-0.25, -0.2) is 0 Å². The van der Waals surface area contributed by atoms with Crippen LogP contribution in [0.25, 0.3) is 0 Å². The number of nitrogens with one attached hydrogen (secondary N) is 2. The van der Waals surface area contributed by atoms with E-state index < -0.39 is 0 Å². The molecule has 2 saturated heterocycles. The molecule has 5 nitrogen and oxygen atoms in total. The molecule has 0 radical (unpaired) electrons. The molecule has 2 aliphatic heterocycles. The SMILES string of the molecule is CCCCNC(=O)C1CCN(C(=O)CC2CNC2)CC1. The van der Waals surface area contributed by atoms with Crippen LogP contribution in [0.15, 0.2) is 0 Å². The molecule has 2 heterocycles. The minimum atomic E-state index is 0.0984. The molecule has 5 heteroatoms. The van der Waals surface area contributed by atoms with Gasteiger partial charge in [0.05, 0.1) is 0 Å². The second kappa shape index (κ2) is 7.62. The number of nitrogens with zero attached hydrogens (tertiary/aromatic N) is 1. The molecule has 0 unspecified atom stereocenters. The van der Waals surface area contributed by atoms with Crippen molar-refractivity contribution in [1.82, 2.24) is 15.5 Å². The fraction of sp³-hybridized carbons (Fsp3) is 0.867. The first-order chi connectivity index (χ1) is 9.70. The lowest BCUT2D eigenvalue weighted by molar-refractivity contribution is -0.136. The number of likely N-dealkylation sites (tertiary alicyclic amines) is 1. The Hall–Kier alpha value is -1.10. The molecular weight excluding hydrogens is 254 g/mol. The molecule has 0 bridgehead atoms.